The van der Waals surface area contributed by atoms with Gasteiger partial charge in [-0.25, -0.2) is 0 Å². The highest BCUT2D eigenvalue weighted by Crippen LogP contribution is 2.15. The summed E-state index contributed by atoms with van der Waals surface area (Å²) in [6, 6.07) is 7.72. The van der Waals surface area contributed by atoms with Crippen LogP contribution in [0.1, 0.15) is 18.9 Å². The average molecular weight is 326 g/mol. The summed E-state index contributed by atoms with van der Waals surface area (Å²) in [5.41, 5.74) is 7.03. The molecule has 0 fully saturated rings. The second-order valence-electron chi connectivity index (χ2n) is 4.89. The van der Waals surface area contributed by atoms with E-state index in [-0.39, 0.29) is 10.9 Å². The van der Waals surface area contributed by atoms with Crippen molar-refractivity contribution in [1.29, 1.82) is 0 Å². The number of anilines is 1. The molecule has 116 valence electrons. The summed E-state index contributed by atoms with van der Waals surface area (Å²) in [6.07, 6.45) is 3.10. The Morgan fingerprint density at radius 3 is 2.71 bits per heavy atom. The van der Waals surface area contributed by atoms with Crippen molar-refractivity contribution in [2.24, 2.45) is 5.73 Å². The van der Waals surface area contributed by atoms with E-state index in [2.05, 4.69) is 23.4 Å². The Balaban J connectivity index is 2.67. The van der Waals surface area contributed by atoms with E-state index in [0.717, 1.165) is 12.2 Å². The minimum absolute atomic E-state index is 0.0549. The second-order valence-corrected chi connectivity index (χ2v) is 6.24. The number of nitrogens with one attached hydrogen (secondary N) is 1. The van der Waals surface area contributed by atoms with Crippen molar-refractivity contribution in [3.8, 4) is 0 Å². The van der Waals surface area contributed by atoms with Crippen LogP contribution in [0.4, 0.5) is 5.69 Å². The van der Waals surface area contributed by atoms with Crippen LogP contribution >= 0.6 is 24.0 Å². The van der Waals surface area contributed by atoms with Gasteiger partial charge in [-0.1, -0.05) is 31.3 Å². The number of carbonyl (C=O) groups is 1. The molecule has 0 aliphatic rings. The number of nitrogens with zero attached hydrogens (tertiary/aromatic N) is 1. The molecule has 0 aliphatic heterocycles. The first-order chi connectivity index (χ1) is 9.99. The zero-order valence-electron chi connectivity index (χ0n) is 12.8. The molecule has 1 aromatic rings. The molecule has 0 aliphatic carbocycles. The summed E-state index contributed by atoms with van der Waals surface area (Å²) in [7, 11) is 1.98. The number of rotatable bonds is 8. The number of carbonyl (C=O) groups excluding carboxylic acids is 1. The van der Waals surface area contributed by atoms with Gasteiger partial charge >= 0.3 is 0 Å². The zero-order chi connectivity index (χ0) is 15.8. The van der Waals surface area contributed by atoms with Gasteiger partial charge in [0.05, 0.1) is 12.2 Å². The van der Waals surface area contributed by atoms with Crippen LogP contribution in [0.3, 0.4) is 0 Å². The maximum atomic E-state index is 12.2. The van der Waals surface area contributed by atoms with E-state index in [1.54, 1.807) is 11.8 Å². The van der Waals surface area contributed by atoms with E-state index in [1.807, 2.05) is 31.3 Å². The monoisotopic (exact) mass is 325 g/mol. The number of thiocarbonyl (C=S) groups is 1. The Labute approximate surface area is 136 Å². The lowest BCUT2D eigenvalue weighted by Crippen LogP contribution is -2.39. The Bertz CT molecular complexity index is 494. The largest absolute Gasteiger partial charge is 0.389 e. The van der Waals surface area contributed by atoms with E-state index in [0.29, 0.717) is 23.8 Å². The van der Waals surface area contributed by atoms with Crippen LogP contribution in [0.15, 0.2) is 24.3 Å². The predicted molar refractivity (Wildman–Crippen MR) is 96.1 cm³/mol. The lowest BCUT2D eigenvalue weighted by atomic mass is 10.1. The van der Waals surface area contributed by atoms with Gasteiger partial charge in [0.25, 0.3) is 0 Å². The molecule has 0 radical (unpaired) electrons. The SMILES string of the molecule is CCC(CSC)N(C)CC(=O)Nc1ccccc1C(N)=S. The van der Waals surface area contributed by atoms with Crippen LogP contribution in [0.5, 0.6) is 0 Å². The number of para-hydroxylation sites is 1. The van der Waals surface area contributed by atoms with Gasteiger partial charge in [0.2, 0.25) is 5.91 Å². The number of likely N-dealkylation sites (N-methyl/N-ethyl adjacent to an activating group) is 1. The number of benzene rings is 1. The van der Waals surface area contributed by atoms with Gasteiger partial charge in [-0.2, -0.15) is 11.8 Å². The van der Waals surface area contributed by atoms with Gasteiger partial charge in [-0.3, -0.25) is 9.69 Å². The third-order valence-corrected chi connectivity index (χ3v) is 4.25. The average Bonchev–Trinajstić information content (AvgIpc) is 2.44. The van der Waals surface area contributed by atoms with Gasteiger partial charge in [-0.05, 0) is 31.9 Å². The van der Waals surface area contributed by atoms with Crippen LogP contribution in [0, 0.1) is 0 Å². The minimum atomic E-state index is -0.0549. The van der Waals surface area contributed by atoms with Gasteiger partial charge in [-0.15, -0.1) is 0 Å². The fourth-order valence-corrected chi connectivity index (χ4v) is 3.15. The topological polar surface area (TPSA) is 58.4 Å². The second kappa shape index (κ2) is 9.02. The summed E-state index contributed by atoms with van der Waals surface area (Å²) in [6.45, 7) is 2.49. The fraction of sp³-hybridized carbons (Fsp3) is 0.467. The quantitative estimate of drug-likeness (QED) is 0.719. The van der Waals surface area contributed by atoms with Crippen LogP contribution < -0.4 is 11.1 Å². The fourth-order valence-electron chi connectivity index (χ4n) is 2.10. The van der Waals surface area contributed by atoms with E-state index in [9.17, 15) is 4.79 Å². The molecular formula is C15H23N3OS2. The van der Waals surface area contributed by atoms with Crippen molar-refractivity contribution in [3.63, 3.8) is 0 Å². The molecule has 21 heavy (non-hydrogen) atoms. The highest BCUT2D eigenvalue weighted by atomic mass is 32.2. The molecule has 6 heteroatoms. The first kappa shape index (κ1) is 17.9. The molecular weight excluding hydrogens is 302 g/mol. The van der Waals surface area contributed by atoms with Crippen LogP contribution in [0.2, 0.25) is 0 Å². The van der Waals surface area contributed by atoms with Gasteiger partial charge < -0.3 is 11.1 Å². The number of thioether (sulfide) groups is 1. The van der Waals surface area contributed by atoms with E-state index in [4.69, 9.17) is 18.0 Å². The summed E-state index contributed by atoms with van der Waals surface area (Å²) < 4.78 is 0. The van der Waals surface area contributed by atoms with Crippen LogP contribution in [0.25, 0.3) is 0 Å². The maximum absolute atomic E-state index is 12.2. The van der Waals surface area contributed by atoms with Gasteiger partial charge in [0.15, 0.2) is 0 Å². The highest BCUT2D eigenvalue weighted by Gasteiger charge is 2.16. The third kappa shape index (κ3) is 5.65. The molecule has 1 amide bonds. The molecule has 0 spiro atoms. The highest BCUT2D eigenvalue weighted by molar-refractivity contribution is 7.98. The molecule has 1 rings (SSSR count). The van der Waals surface area contributed by atoms with E-state index < -0.39 is 0 Å². The van der Waals surface area contributed by atoms with E-state index in [1.165, 1.54) is 0 Å². The first-order valence-electron chi connectivity index (χ1n) is 6.87. The smallest absolute Gasteiger partial charge is 0.238 e. The van der Waals surface area contributed by atoms with Gasteiger partial charge in [0, 0.05) is 17.4 Å². The van der Waals surface area contributed by atoms with E-state index >= 15 is 0 Å². The number of hydrogen-bond donors (Lipinski definition) is 2. The molecule has 0 aromatic heterocycles. The first-order valence-corrected chi connectivity index (χ1v) is 8.67. The van der Waals surface area contributed by atoms with Crippen molar-refractivity contribution < 1.29 is 4.79 Å². The summed E-state index contributed by atoms with van der Waals surface area (Å²) in [5, 5.41) is 2.89. The summed E-state index contributed by atoms with van der Waals surface area (Å²) in [5.74, 6) is 0.963. The summed E-state index contributed by atoms with van der Waals surface area (Å²) in [4.78, 5) is 14.5. The van der Waals surface area contributed by atoms with Gasteiger partial charge in [0.1, 0.15) is 4.99 Å². The molecule has 1 unspecified atom stereocenters. The number of hydrogen-bond acceptors (Lipinski definition) is 4. The third-order valence-electron chi connectivity index (χ3n) is 3.31. The number of amides is 1. The van der Waals surface area contributed by atoms with Crippen LogP contribution in [-0.4, -0.2) is 47.4 Å². The summed E-state index contributed by atoms with van der Waals surface area (Å²) >= 11 is 6.79. The molecule has 4 nitrogen and oxygen atoms in total. The number of nitrogens with two attached hydrogens (primary N) is 1. The standard InChI is InChI=1S/C15H23N3OS2/c1-4-11(10-21-3)18(2)9-14(19)17-13-8-6-5-7-12(13)15(16)20/h5-8,11H,4,9-10H2,1-3H3,(H2,16,20)(H,17,19). The molecule has 0 bridgehead atoms. The van der Waals surface area contributed by atoms with Crippen molar-refractivity contribution in [2.75, 3.05) is 30.9 Å². The molecule has 0 saturated heterocycles. The molecule has 1 atom stereocenters. The van der Waals surface area contributed by atoms with Crippen molar-refractivity contribution in [3.05, 3.63) is 29.8 Å². The Kier molecular flexibility index (Phi) is 7.71. The molecule has 0 saturated carbocycles. The molecule has 1 aromatic carbocycles. The Hall–Kier alpha value is -1.11. The van der Waals surface area contributed by atoms with Crippen molar-refractivity contribution >= 4 is 40.6 Å². The normalized spacial score (nSPS) is 12.2. The zero-order valence-corrected chi connectivity index (χ0v) is 14.4. The lowest BCUT2D eigenvalue weighted by molar-refractivity contribution is -0.117. The molecule has 3 N–H and O–H groups in total. The Morgan fingerprint density at radius 1 is 1.48 bits per heavy atom. The lowest BCUT2D eigenvalue weighted by Gasteiger charge is -2.26. The van der Waals surface area contributed by atoms with Crippen molar-refractivity contribution in [1.82, 2.24) is 4.90 Å². The predicted octanol–water partition coefficient (Wildman–Crippen LogP) is 2.33. The minimum Gasteiger partial charge on any atom is -0.389 e. The van der Waals surface area contributed by atoms with Crippen molar-refractivity contribution in [2.45, 2.75) is 19.4 Å². The molecule has 0 heterocycles. The maximum Gasteiger partial charge on any atom is 0.238 e. The Morgan fingerprint density at radius 2 is 2.14 bits per heavy atom. The van der Waals surface area contributed by atoms with Crippen LogP contribution in [-0.2, 0) is 4.79 Å².